The molecule has 0 saturated heterocycles. The van der Waals surface area contributed by atoms with Crippen molar-refractivity contribution in [3.63, 3.8) is 0 Å². The van der Waals surface area contributed by atoms with Gasteiger partial charge in [-0.25, -0.2) is 9.97 Å². The lowest BCUT2D eigenvalue weighted by Crippen LogP contribution is -2.34. The second-order valence-electron chi connectivity index (χ2n) is 6.08. The molecule has 1 saturated carbocycles. The Kier molecular flexibility index (Phi) is 5.64. The normalized spacial score (nSPS) is 15.5. The smallest absolute Gasteiger partial charge is 0.271 e. The summed E-state index contributed by atoms with van der Waals surface area (Å²) < 4.78 is 0. The topological polar surface area (TPSA) is 66.9 Å². The second kappa shape index (κ2) is 8.11. The van der Waals surface area contributed by atoms with Gasteiger partial charge in [-0.15, -0.1) is 0 Å². The van der Waals surface area contributed by atoms with Crippen LogP contribution in [-0.2, 0) is 0 Å². The number of benzene rings is 1. The molecule has 1 heterocycles. The van der Waals surface area contributed by atoms with Crippen molar-refractivity contribution in [1.29, 1.82) is 0 Å². The minimum Gasteiger partial charge on any atom is -0.348 e. The molecule has 6 heteroatoms. The molecule has 0 atom stereocenters. The Labute approximate surface area is 146 Å². The molecule has 1 aromatic carbocycles. The second-order valence-corrected chi connectivity index (χ2v) is 6.52. The highest BCUT2D eigenvalue weighted by Gasteiger charge is 2.16. The zero-order valence-corrected chi connectivity index (χ0v) is 14.2. The maximum Gasteiger partial charge on any atom is 0.271 e. The third-order valence-corrected chi connectivity index (χ3v) is 4.44. The van der Waals surface area contributed by atoms with Gasteiger partial charge in [0.15, 0.2) is 0 Å². The molecule has 126 valence electrons. The summed E-state index contributed by atoms with van der Waals surface area (Å²) in [4.78, 5) is 20.8. The van der Waals surface area contributed by atoms with Gasteiger partial charge >= 0.3 is 0 Å². The Balaban J connectivity index is 1.58. The van der Waals surface area contributed by atoms with Crippen molar-refractivity contribution in [2.24, 2.45) is 0 Å². The maximum absolute atomic E-state index is 12.3. The number of nitrogens with zero attached hydrogens (tertiary/aromatic N) is 2. The molecule has 3 rings (SSSR count). The minimum atomic E-state index is -0.146. The van der Waals surface area contributed by atoms with Gasteiger partial charge in [0, 0.05) is 16.8 Å². The van der Waals surface area contributed by atoms with Crippen LogP contribution in [-0.4, -0.2) is 21.9 Å². The first-order valence-electron chi connectivity index (χ1n) is 8.36. The van der Waals surface area contributed by atoms with Crippen molar-refractivity contribution in [3.05, 3.63) is 47.4 Å². The van der Waals surface area contributed by atoms with Gasteiger partial charge in [-0.2, -0.15) is 0 Å². The summed E-state index contributed by atoms with van der Waals surface area (Å²) in [5, 5.41) is 6.87. The molecule has 24 heavy (non-hydrogen) atoms. The monoisotopic (exact) mass is 344 g/mol. The third-order valence-electron chi connectivity index (χ3n) is 4.19. The summed E-state index contributed by atoms with van der Waals surface area (Å²) in [6.45, 7) is 0. The minimum absolute atomic E-state index is 0.146. The lowest BCUT2D eigenvalue weighted by Gasteiger charge is -2.15. The number of hydrogen-bond donors (Lipinski definition) is 2. The van der Waals surface area contributed by atoms with Gasteiger partial charge in [-0.05, 0) is 37.1 Å². The van der Waals surface area contributed by atoms with Crippen LogP contribution in [0.15, 0.2) is 36.7 Å². The van der Waals surface area contributed by atoms with Crippen LogP contribution in [0.3, 0.4) is 0 Å². The number of carbonyl (C=O) groups is 1. The molecule has 1 aromatic heterocycles. The molecule has 0 aliphatic heterocycles. The van der Waals surface area contributed by atoms with Gasteiger partial charge in [-0.3, -0.25) is 4.79 Å². The molecular weight excluding hydrogens is 324 g/mol. The molecule has 0 spiro atoms. The first-order valence-corrected chi connectivity index (χ1v) is 8.74. The summed E-state index contributed by atoms with van der Waals surface area (Å²) in [7, 11) is 0. The molecule has 5 nitrogen and oxygen atoms in total. The maximum atomic E-state index is 12.3. The summed E-state index contributed by atoms with van der Waals surface area (Å²) in [6, 6.07) is 7.57. The number of amides is 1. The lowest BCUT2D eigenvalue weighted by molar-refractivity contribution is 0.0928. The van der Waals surface area contributed by atoms with E-state index in [1.165, 1.54) is 31.9 Å². The van der Waals surface area contributed by atoms with Crippen molar-refractivity contribution in [2.75, 3.05) is 5.32 Å². The number of hydrogen-bond acceptors (Lipinski definition) is 4. The molecule has 2 N–H and O–H groups in total. The van der Waals surface area contributed by atoms with E-state index in [1.807, 2.05) is 12.1 Å². The van der Waals surface area contributed by atoms with Crippen molar-refractivity contribution in [3.8, 4) is 0 Å². The quantitative estimate of drug-likeness (QED) is 0.810. The van der Waals surface area contributed by atoms with Crippen LogP contribution in [0.5, 0.6) is 0 Å². The van der Waals surface area contributed by atoms with Crippen molar-refractivity contribution in [2.45, 2.75) is 44.6 Å². The zero-order chi connectivity index (χ0) is 16.8. The van der Waals surface area contributed by atoms with E-state index in [2.05, 4.69) is 20.6 Å². The van der Waals surface area contributed by atoms with Crippen LogP contribution >= 0.6 is 11.6 Å². The number of nitrogens with one attached hydrogen (secondary N) is 2. The molecule has 0 radical (unpaired) electrons. The highest BCUT2D eigenvalue weighted by Crippen LogP contribution is 2.18. The Morgan fingerprint density at radius 1 is 1.00 bits per heavy atom. The molecule has 1 amide bonds. The van der Waals surface area contributed by atoms with Gasteiger partial charge < -0.3 is 10.6 Å². The number of aromatic nitrogens is 2. The summed E-state index contributed by atoms with van der Waals surface area (Å²) in [6.07, 6.45) is 10.1. The van der Waals surface area contributed by atoms with Crippen LogP contribution in [0, 0.1) is 0 Å². The van der Waals surface area contributed by atoms with Crippen LogP contribution < -0.4 is 10.6 Å². The molecular formula is C18H21ClN4O. The molecule has 0 bridgehead atoms. The predicted molar refractivity (Wildman–Crippen MR) is 95.7 cm³/mol. The van der Waals surface area contributed by atoms with E-state index in [-0.39, 0.29) is 11.9 Å². The largest absolute Gasteiger partial charge is 0.348 e. The highest BCUT2D eigenvalue weighted by atomic mass is 35.5. The molecule has 1 aliphatic carbocycles. The average Bonchev–Trinajstić information content (AvgIpc) is 2.86. The zero-order valence-electron chi connectivity index (χ0n) is 13.5. The van der Waals surface area contributed by atoms with E-state index in [4.69, 9.17) is 11.6 Å². The fraction of sp³-hybridized carbons (Fsp3) is 0.389. The molecule has 1 fully saturated rings. The van der Waals surface area contributed by atoms with Gasteiger partial charge in [0.25, 0.3) is 5.91 Å². The molecule has 1 aliphatic rings. The van der Waals surface area contributed by atoms with Gasteiger partial charge in [0.1, 0.15) is 11.5 Å². The van der Waals surface area contributed by atoms with E-state index < -0.39 is 0 Å². The highest BCUT2D eigenvalue weighted by molar-refractivity contribution is 6.30. The summed E-state index contributed by atoms with van der Waals surface area (Å²) >= 11 is 5.86. The summed E-state index contributed by atoms with van der Waals surface area (Å²) in [5.41, 5.74) is 1.21. The fourth-order valence-corrected chi connectivity index (χ4v) is 3.00. The van der Waals surface area contributed by atoms with Gasteiger partial charge in [0.2, 0.25) is 0 Å². The first kappa shape index (κ1) is 16.7. The van der Waals surface area contributed by atoms with Crippen LogP contribution in [0.4, 0.5) is 11.5 Å². The number of halogens is 1. The van der Waals surface area contributed by atoms with E-state index in [9.17, 15) is 4.79 Å². The number of rotatable bonds is 4. The molecule has 2 aromatic rings. The van der Waals surface area contributed by atoms with Crippen LogP contribution in [0.2, 0.25) is 5.02 Å². The Morgan fingerprint density at radius 2 is 1.71 bits per heavy atom. The van der Waals surface area contributed by atoms with E-state index in [1.54, 1.807) is 18.3 Å². The van der Waals surface area contributed by atoms with E-state index >= 15 is 0 Å². The predicted octanol–water partition coefficient (Wildman–Crippen LogP) is 4.33. The SMILES string of the molecule is O=C(NC1CCCCCC1)c1cnc(Nc2ccc(Cl)cc2)cn1. The van der Waals surface area contributed by atoms with Gasteiger partial charge in [-0.1, -0.05) is 37.3 Å². The first-order chi connectivity index (χ1) is 11.7. The van der Waals surface area contributed by atoms with Crippen LogP contribution in [0.1, 0.15) is 49.0 Å². The van der Waals surface area contributed by atoms with Crippen molar-refractivity contribution < 1.29 is 4.79 Å². The van der Waals surface area contributed by atoms with Crippen LogP contribution in [0.25, 0.3) is 0 Å². The van der Waals surface area contributed by atoms with Gasteiger partial charge in [0.05, 0.1) is 12.4 Å². The van der Waals surface area contributed by atoms with Crippen molar-refractivity contribution >= 4 is 29.0 Å². The number of anilines is 2. The van der Waals surface area contributed by atoms with E-state index in [0.717, 1.165) is 18.5 Å². The summed E-state index contributed by atoms with van der Waals surface area (Å²) in [5.74, 6) is 0.441. The third kappa shape index (κ3) is 4.68. The standard InChI is InChI=1S/C18H21ClN4O/c19-13-7-9-15(10-8-13)22-17-12-20-16(11-21-17)18(24)23-14-5-3-1-2-4-6-14/h7-12,14H,1-6H2,(H,21,22)(H,23,24). The van der Waals surface area contributed by atoms with E-state index in [0.29, 0.717) is 16.5 Å². The average molecular weight is 345 g/mol. The Morgan fingerprint density at radius 3 is 2.33 bits per heavy atom. The fourth-order valence-electron chi connectivity index (χ4n) is 2.87. The Bertz CT molecular complexity index is 664. The van der Waals surface area contributed by atoms with Crippen molar-refractivity contribution in [1.82, 2.24) is 15.3 Å². The number of carbonyl (C=O) groups excluding carboxylic acids is 1. The lowest BCUT2D eigenvalue weighted by atomic mass is 10.1. The molecule has 0 unspecified atom stereocenters. The Hall–Kier alpha value is -2.14.